The number of esters is 1. The van der Waals surface area contributed by atoms with E-state index in [1.54, 1.807) is 0 Å². The van der Waals surface area contributed by atoms with Crippen LogP contribution < -0.4 is 0 Å². The average Bonchev–Trinajstić information content (AvgIpc) is 3.33. The highest BCUT2D eigenvalue weighted by Crippen LogP contribution is 2.51. The normalized spacial score (nSPS) is 29.2. The number of allylic oxidation sites excluding steroid dienone is 3. The van der Waals surface area contributed by atoms with E-state index in [1.165, 1.54) is 39.2 Å². The molecule has 0 spiro atoms. The fourth-order valence-corrected chi connectivity index (χ4v) is 7.98. The third-order valence-electron chi connectivity index (χ3n) is 8.54. The van der Waals surface area contributed by atoms with Crippen LogP contribution in [0, 0.1) is 29.1 Å². The molecule has 0 N–H and O–H groups in total. The number of carbonyl (C=O) groups is 2. The molecule has 4 nitrogen and oxygen atoms in total. The quantitative estimate of drug-likeness (QED) is 0.115. The Balaban J connectivity index is 1.76. The molecular weight excluding hydrogens is 440 g/mol. The van der Waals surface area contributed by atoms with Crippen molar-refractivity contribution in [3.05, 3.63) is 23.8 Å². The van der Waals surface area contributed by atoms with Gasteiger partial charge in [-0.25, -0.2) is 0 Å². The molecule has 3 aliphatic rings. The lowest BCUT2D eigenvalue weighted by atomic mass is 9.64. The minimum atomic E-state index is -0.869. The summed E-state index contributed by atoms with van der Waals surface area (Å²) in [5.41, 5.74) is 0.802. The van der Waals surface area contributed by atoms with Crippen molar-refractivity contribution in [2.24, 2.45) is 29.1 Å². The van der Waals surface area contributed by atoms with Crippen molar-refractivity contribution in [3.8, 4) is 0 Å². The molecule has 0 aromatic heterocycles. The van der Waals surface area contributed by atoms with Gasteiger partial charge in [0.2, 0.25) is 9.04 Å². The maximum absolute atomic E-state index is 13.1. The Hall–Kier alpha value is -1.20. The van der Waals surface area contributed by atoms with E-state index in [0.717, 1.165) is 37.7 Å². The number of fused-ring (bicyclic) bond motifs is 1. The first-order chi connectivity index (χ1) is 16.1. The van der Waals surface area contributed by atoms with Gasteiger partial charge in [-0.05, 0) is 86.8 Å². The van der Waals surface area contributed by atoms with Crippen molar-refractivity contribution in [2.75, 3.05) is 7.11 Å². The molecule has 0 aliphatic heterocycles. The molecule has 3 saturated carbocycles. The van der Waals surface area contributed by atoms with Crippen LogP contribution in [0.4, 0.5) is 0 Å². The molecule has 1 radical (unpaired) electrons. The van der Waals surface area contributed by atoms with Crippen LogP contribution in [0.2, 0.25) is 13.1 Å². The fraction of sp³-hybridized carbons (Fsp3) is 0.793. The summed E-state index contributed by atoms with van der Waals surface area (Å²) in [5, 5.41) is 0. The fourth-order valence-electron chi connectivity index (χ4n) is 6.76. The van der Waals surface area contributed by atoms with Crippen LogP contribution in [-0.2, 0) is 18.8 Å². The number of carbonyl (C=O) groups excluding carboxylic acids is 2. The van der Waals surface area contributed by atoms with Crippen LogP contribution in [0.5, 0.6) is 0 Å². The molecule has 3 aliphatic carbocycles. The zero-order valence-corrected chi connectivity index (χ0v) is 23.5. The topological polar surface area (TPSA) is 52.6 Å². The van der Waals surface area contributed by atoms with E-state index in [4.69, 9.17) is 9.16 Å². The van der Waals surface area contributed by atoms with Crippen LogP contribution in [0.1, 0.15) is 91.4 Å². The molecule has 5 heteroatoms. The van der Waals surface area contributed by atoms with Gasteiger partial charge in [0.15, 0.2) is 5.78 Å². The molecule has 3 fully saturated rings. The Morgan fingerprint density at radius 1 is 1.09 bits per heavy atom. The van der Waals surface area contributed by atoms with Gasteiger partial charge in [0.1, 0.15) is 0 Å². The summed E-state index contributed by atoms with van der Waals surface area (Å²) in [6.45, 7) is 11.6. The Morgan fingerprint density at radius 3 is 2.41 bits per heavy atom. The molecule has 34 heavy (non-hydrogen) atoms. The van der Waals surface area contributed by atoms with Gasteiger partial charge in [0.05, 0.1) is 12.7 Å². The first kappa shape index (κ1) is 27.4. The van der Waals surface area contributed by atoms with Gasteiger partial charge in [0.25, 0.3) is 0 Å². The van der Waals surface area contributed by atoms with Gasteiger partial charge in [-0.2, -0.15) is 0 Å². The lowest BCUT2D eigenvalue weighted by Crippen LogP contribution is -2.52. The smallest absolute Gasteiger partial charge is 0.305 e. The molecule has 0 amide bonds. The maximum Gasteiger partial charge on any atom is 0.305 e. The molecule has 0 heterocycles. The second-order valence-corrected chi connectivity index (χ2v) is 14.0. The molecular formula is C29H47O4Si. The standard InChI is InChI=1S/C29H47O4Si/c1-28(2,3)29(33-34(5)6,23-13-8-7-9-14-23)19-18-21-16-17-24-25(21)20-22(27(24)31)12-10-11-15-26(30)32-4/h12,18-19,21,23-25H,7-11,13-17,20H2,1-6H3/b19-18+,22-12+. The Kier molecular flexibility index (Phi) is 9.41. The second kappa shape index (κ2) is 11.7. The summed E-state index contributed by atoms with van der Waals surface area (Å²) in [6, 6.07) is 0. The molecule has 4 atom stereocenters. The predicted octanol–water partition coefficient (Wildman–Crippen LogP) is 7.06. The highest BCUT2D eigenvalue weighted by atomic mass is 28.3. The van der Waals surface area contributed by atoms with Crippen molar-refractivity contribution in [1.29, 1.82) is 0 Å². The minimum absolute atomic E-state index is 0.0294. The molecule has 0 saturated heterocycles. The van der Waals surface area contributed by atoms with Gasteiger partial charge < -0.3 is 9.16 Å². The number of Topliss-reactive ketones (excluding diaryl/α,β-unsaturated/α-hetero) is 1. The Labute approximate surface area is 209 Å². The van der Waals surface area contributed by atoms with Gasteiger partial charge in [-0.3, -0.25) is 9.59 Å². The zero-order chi connectivity index (χ0) is 24.9. The van der Waals surface area contributed by atoms with E-state index in [9.17, 15) is 9.59 Å². The van der Waals surface area contributed by atoms with E-state index in [-0.39, 0.29) is 22.9 Å². The van der Waals surface area contributed by atoms with Crippen molar-refractivity contribution in [3.63, 3.8) is 0 Å². The van der Waals surface area contributed by atoms with Crippen molar-refractivity contribution >= 4 is 20.8 Å². The average molecular weight is 488 g/mol. The van der Waals surface area contributed by atoms with E-state index in [2.05, 4.69) is 52.1 Å². The van der Waals surface area contributed by atoms with Gasteiger partial charge in [-0.15, -0.1) is 0 Å². The second-order valence-electron chi connectivity index (χ2n) is 12.0. The Bertz CT molecular complexity index is 771. The number of rotatable bonds is 9. The number of unbranched alkanes of at least 4 members (excludes halogenated alkanes) is 1. The van der Waals surface area contributed by atoms with Crippen LogP contribution >= 0.6 is 0 Å². The minimum Gasteiger partial charge on any atom is -0.469 e. The summed E-state index contributed by atoms with van der Waals surface area (Å²) in [6.07, 6.45) is 18.4. The SMILES string of the molecule is COC(=O)CCC/C=C1\CC2C(/C=C/C(O[Si](C)C)(C3CCCCC3)C(C)(C)C)CCC2C1=O. The third kappa shape index (κ3) is 6.13. The molecule has 4 unspecified atom stereocenters. The van der Waals surface area contributed by atoms with Crippen LogP contribution in [0.15, 0.2) is 23.8 Å². The lowest BCUT2D eigenvalue weighted by Gasteiger charge is -2.51. The molecule has 191 valence electrons. The maximum atomic E-state index is 13.1. The third-order valence-corrected chi connectivity index (χ3v) is 9.28. The van der Waals surface area contributed by atoms with Crippen LogP contribution in [0.25, 0.3) is 0 Å². The first-order valence-corrected chi connectivity index (χ1v) is 16.0. The summed E-state index contributed by atoms with van der Waals surface area (Å²) in [4.78, 5) is 24.4. The number of methoxy groups -OCH3 is 1. The number of hydrogen-bond acceptors (Lipinski definition) is 4. The molecule has 0 bridgehead atoms. The van der Waals surface area contributed by atoms with Gasteiger partial charge in [0, 0.05) is 12.3 Å². The van der Waals surface area contributed by atoms with E-state index >= 15 is 0 Å². The number of ketones is 1. The summed E-state index contributed by atoms with van der Waals surface area (Å²) >= 11 is 0. The summed E-state index contributed by atoms with van der Waals surface area (Å²) in [7, 11) is 0.554. The largest absolute Gasteiger partial charge is 0.469 e. The van der Waals surface area contributed by atoms with Crippen molar-refractivity contribution in [1.82, 2.24) is 0 Å². The molecule has 0 aromatic carbocycles. The van der Waals surface area contributed by atoms with Crippen LogP contribution in [0.3, 0.4) is 0 Å². The highest BCUT2D eigenvalue weighted by Gasteiger charge is 2.49. The van der Waals surface area contributed by atoms with E-state index in [0.29, 0.717) is 30.0 Å². The monoisotopic (exact) mass is 487 g/mol. The molecule has 3 rings (SSSR count). The van der Waals surface area contributed by atoms with Crippen LogP contribution in [-0.4, -0.2) is 33.5 Å². The Morgan fingerprint density at radius 2 is 1.79 bits per heavy atom. The highest BCUT2D eigenvalue weighted by molar-refractivity contribution is 6.48. The number of hydrogen-bond donors (Lipinski definition) is 0. The van der Waals surface area contributed by atoms with Crippen molar-refractivity contribution in [2.45, 2.75) is 110 Å². The lowest BCUT2D eigenvalue weighted by molar-refractivity contribution is -0.140. The summed E-state index contributed by atoms with van der Waals surface area (Å²) < 4.78 is 11.7. The predicted molar refractivity (Wildman–Crippen MR) is 140 cm³/mol. The first-order valence-electron chi connectivity index (χ1n) is 13.6. The van der Waals surface area contributed by atoms with E-state index in [1.807, 2.05) is 0 Å². The zero-order valence-electron chi connectivity index (χ0n) is 22.5. The van der Waals surface area contributed by atoms with Gasteiger partial charge in [-0.1, -0.05) is 58.3 Å². The summed E-state index contributed by atoms with van der Waals surface area (Å²) in [5.74, 6) is 1.81. The van der Waals surface area contributed by atoms with E-state index < -0.39 is 9.04 Å². The molecule has 0 aromatic rings. The van der Waals surface area contributed by atoms with Gasteiger partial charge >= 0.3 is 5.97 Å². The van der Waals surface area contributed by atoms with Crippen molar-refractivity contribution < 1.29 is 18.8 Å². The number of ether oxygens (including phenoxy) is 1.